The van der Waals surface area contributed by atoms with Crippen molar-refractivity contribution in [2.45, 2.75) is 97.0 Å². The lowest BCUT2D eigenvalue weighted by molar-refractivity contribution is -0.122. The Morgan fingerprint density at radius 2 is 1.91 bits per heavy atom. The molecule has 1 aromatic carbocycles. The fourth-order valence-corrected chi connectivity index (χ4v) is 8.80. The number of thioether (sulfide) groups is 1. The van der Waals surface area contributed by atoms with E-state index >= 15 is 0 Å². The molecule has 7 nitrogen and oxygen atoms in total. The van der Waals surface area contributed by atoms with Crippen LogP contribution in [0.3, 0.4) is 0 Å². The number of unbranched alkanes of at least 4 members (excludes halogenated alkanes) is 2. The molecule has 0 radical (unpaired) electrons. The van der Waals surface area contributed by atoms with Gasteiger partial charge in [-0.15, -0.1) is 11.3 Å². The highest BCUT2D eigenvalue weighted by Gasteiger charge is 2.32. The first kappa shape index (κ1) is 32.7. The van der Waals surface area contributed by atoms with Crippen molar-refractivity contribution in [1.82, 2.24) is 4.90 Å². The Morgan fingerprint density at radius 3 is 2.70 bits per heavy atom. The van der Waals surface area contributed by atoms with Crippen LogP contribution in [0.1, 0.15) is 104 Å². The summed E-state index contributed by atoms with van der Waals surface area (Å²) in [7, 11) is 0. The molecule has 0 bridgehead atoms. The quantitative estimate of drug-likeness (QED) is 0.107. The first-order valence-electron chi connectivity index (χ1n) is 16.0. The van der Waals surface area contributed by atoms with Gasteiger partial charge in [0.05, 0.1) is 23.2 Å². The molecule has 1 N–H and O–H groups in total. The average molecular weight is 655 g/mol. The van der Waals surface area contributed by atoms with Crippen LogP contribution in [0.2, 0.25) is 0 Å². The Labute approximate surface area is 274 Å². The summed E-state index contributed by atoms with van der Waals surface area (Å²) in [4.78, 5) is 42.3. The van der Waals surface area contributed by atoms with Gasteiger partial charge in [0.15, 0.2) is 0 Å². The number of fused-ring (bicyclic) bond motifs is 1. The number of carbonyl (C=O) groups excluding carboxylic acids is 3. The molecule has 2 aliphatic carbocycles. The van der Waals surface area contributed by atoms with Crippen LogP contribution in [0.25, 0.3) is 6.08 Å². The van der Waals surface area contributed by atoms with Crippen molar-refractivity contribution >= 4 is 68.5 Å². The number of carbonyl (C=O) groups is 3. The molecule has 10 heteroatoms. The minimum absolute atomic E-state index is 0.0762. The lowest BCUT2D eigenvalue weighted by atomic mass is 9.88. The number of ether oxygens (including phenoxy) is 2. The highest BCUT2D eigenvalue weighted by molar-refractivity contribution is 8.26. The van der Waals surface area contributed by atoms with E-state index in [0.717, 1.165) is 61.8 Å². The van der Waals surface area contributed by atoms with Gasteiger partial charge in [-0.3, -0.25) is 14.5 Å². The number of hydrogen-bond donors (Lipinski definition) is 1. The van der Waals surface area contributed by atoms with Crippen LogP contribution in [-0.4, -0.2) is 46.3 Å². The van der Waals surface area contributed by atoms with Crippen molar-refractivity contribution in [3.8, 4) is 5.75 Å². The molecule has 2 amide bonds. The molecule has 44 heavy (non-hydrogen) atoms. The van der Waals surface area contributed by atoms with Gasteiger partial charge >= 0.3 is 5.97 Å². The lowest BCUT2D eigenvalue weighted by Crippen LogP contribution is -2.29. The molecule has 2 heterocycles. The monoisotopic (exact) mass is 654 g/mol. The van der Waals surface area contributed by atoms with Gasteiger partial charge in [0.2, 0.25) is 5.91 Å². The largest absolute Gasteiger partial charge is 0.490 e. The predicted octanol–water partition coefficient (Wildman–Crippen LogP) is 8.16. The second-order valence-corrected chi connectivity index (χ2v) is 14.7. The van der Waals surface area contributed by atoms with E-state index in [1.165, 1.54) is 47.2 Å². The van der Waals surface area contributed by atoms with Crippen molar-refractivity contribution in [3.05, 3.63) is 50.7 Å². The standard InChI is InChI=1S/C34H42N2O5S3/c1-3-40-33(39)30-25-18-17-22(2)20-27(25)43-31(30)35-29(37)16-8-5-11-19-36-32(38)28(44-34(36)42)21-23-12-9-10-15-26(23)41-24-13-6-4-7-14-24/h9-10,12,15,21-22,24H,3-8,11,13-14,16-20H2,1-2H3,(H,35,37)/b28-21-. The Kier molecular flexibility index (Phi) is 11.5. The van der Waals surface area contributed by atoms with Gasteiger partial charge in [-0.1, -0.05) is 61.9 Å². The fourth-order valence-electron chi connectivity index (χ4n) is 6.08. The predicted molar refractivity (Wildman–Crippen MR) is 182 cm³/mol. The molecule has 2 fully saturated rings. The van der Waals surface area contributed by atoms with Gasteiger partial charge in [0, 0.05) is 23.4 Å². The van der Waals surface area contributed by atoms with E-state index in [-0.39, 0.29) is 23.9 Å². The van der Waals surface area contributed by atoms with Gasteiger partial charge in [-0.25, -0.2) is 4.79 Å². The second kappa shape index (κ2) is 15.5. The average Bonchev–Trinajstić information content (AvgIpc) is 3.49. The zero-order valence-corrected chi connectivity index (χ0v) is 28.1. The second-order valence-electron chi connectivity index (χ2n) is 11.9. The molecule has 1 aromatic heterocycles. The number of esters is 1. The maximum absolute atomic E-state index is 13.2. The Morgan fingerprint density at radius 1 is 1.11 bits per heavy atom. The zero-order chi connectivity index (χ0) is 31.1. The third kappa shape index (κ3) is 8.12. The number of para-hydroxylation sites is 1. The molecular formula is C34H42N2O5S3. The van der Waals surface area contributed by atoms with Crippen molar-refractivity contribution in [1.29, 1.82) is 0 Å². The van der Waals surface area contributed by atoms with Crippen molar-refractivity contribution < 1.29 is 23.9 Å². The minimum atomic E-state index is -0.354. The molecule has 1 saturated carbocycles. The highest BCUT2D eigenvalue weighted by Crippen LogP contribution is 2.40. The Hall–Kier alpha value is -2.69. The summed E-state index contributed by atoms with van der Waals surface area (Å²) >= 11 is 8.40. The molecule has 1 atom stereocenters. The smallest absolute Gasteiger partial charge is 0.341 e. The molecule has 1 saturated heterocycles. The van der Waals surface area contributed by atoms with E-state index in [2.05, 4.69) is 12.2 Å². The van der Waals surface area contributed by atoms with Gasteiger partial charge in [-0.05, 0) is 88.3 Å². The normalized spacial score (nSPS) is 19.7. The maximum atomic E-state index is 13.2. The van der Waals surface area contributed by atoms with E-state index < -0.39 is 0 Å². The van der Waals surface area contributed by atoms with Crippen molar-refractivity contribution in [2.75, 3.05) is 18.5 Å². The number of nitrogens with one attached hydrogen (secondary N) is 1. The summed E-state index contributed by atoms with van der Waals surface area (Å²) in [6, 6.07) is 7.88. The summed E-state index contributed by atoms with van der Waals surface area (Å²) < 4.78 is 12.2. The summed E-state index contributed by atoms with van der Waals surface area (Å²) in [5, 5.41) is 3.61. The van der Waals surface area contributed by atoms with Crippen LogP contribution in [0.5, 0.6) is 5.75 Å². The third-order valence-corrected chi connectivity index (χ3v) is 11.0. The number of thiophene rings is 1. The summed E-state index contributed by atoms with van der Waals surface area (Å²) in [5.74, 6) is 0.843. The van der Waals surface area contributed by atoms with Crippen LogP contribution in [0.15, 0.2) is 29.2 Å². The van der Waals surface area contributed by atoms with Crippen LogP contribution in [0, 0.1) is 5.92 Å². The number of benzene rings is 1. The van der Waals surface area contributed by atoms with Crippen molar-refractivity contribution in [2.24, 2.45) is 5.92 Å². The highest BCUT2D eigenvalue weighted by atomic mass is 32.2. The van der Waals surface area contributed by atoms with E-state index in [9.17, 15) is 14.4 Å². The maximum Gasteiger partial charge on any atom is 0.341 e. The summed E-state index contributed by atoms with van der Waals surface area (Å²) in [6.45, 7) is 4.83. The minimum Gasteiger partial charge on any atom is -0.490 e. The third-order valence-electron chi connectivity index (χ3n) is 8.45. The van der Waals surface area contributed by atoms with Crippen molar-refractivity contribution in [3.63, 3.8) is 0 Å². The zero-order valence-electron chi connectivity index (χ0n) is 25.7. The molecular weight excluding hydrogens is 613 g/mol. The van der Waals surface area contributed by atoms with E-state index in [1.54, 1.807) is 11.8 Å². The molecule has 236 valence electrons. The topological polar surface area (TPSA) is 84.9 Å². The van der Waals surface area contributed by atoms with Gasteiger partial charge in [-0.2, -0.15) is 0 Å². The number of amides is 2. The van der Waals surface area contributed by atoms with Gasteiger partial charge in [0.25, 0.3) is 5.91 Å². The van der Waals surface area contributed by atoms with Crippen LogP contribution >= 0.6 is 35.3 Å². The Balaban J connectivity index is 1.11. The fraction of sp³-hybridized carbons (Fsp3) is 0.529. The molecule has 1 aliphatic heterocycles. The first-order valence-corrected chi connectivity index (χ1v) is 18.0. The summed E-state index contributed by atoms with van der Waals surface area (Å²) in [5.41, 5.74) is 2.48. The number of rotatable bonds is 12. The van der Waals surface area contributed by atoms with Crippen LogP contribution in [-0.2, 0) is 27.2 Å². The first-order chi connectivity index (χ1) is 21.3. The summed E-state index contributed by atoms with van der Waals surface area (Å²) in [6.07, 6.45) is 13.3. The molecule has 3 aliphatic rings. The molecule has 1 unspecified atom stereocenters. The molecule has 2 aromatic rings. The van der Waals surface area contributed by atoms with E-state index in [4.69, 9.17) is 21.7 Å². The SMILES string of the molecule is CCOC(=O)c1c(NC(=O)CCCCCN2C(=O)/C(=C/c3ccccc3OC3CCCCC3)SC2=S)sc2c1CCC(C)C2. The van der Waals surface area contributed by atoms with E-state index in [0.29, 0.717) is 51.7 Å². The van der Waals surface area contributed by atoms with Gasteiger partial charge < -0.3 is 14.8 Å². The number of nitrogens with zero attached hydrogens (tertiary/aromatic N) is 1. The number of anilines is 1. The van der Waals surface area contributed by atoms with E-state index in [1.807, 2.05) is 30.3 Å². The molecule has 0 spiro atoms. The van der Waals surface area contributed by atoms with Crippen LogP contribution in [0.4, 0.5) is 5.00 Å². The number of hydrogen-bond acceptors (Lipinski definition) is 8. The molecule has 5 rings (SSSR count). The van der Waals surface area contributed by atoms with Gasteiger partial charge in [0.1, 0.15) is 15.1 Å². The lowest BCUT2D eigenvalue weighted by Gasteiger charge is -2.23. The van der Waals surface area contributed by atoms with Crippen LogP contribution < -0.4 is 10.1 Å². The Bertz CT molecular complexity index is 1410. The number of thiocarbonyl (C=S) groups is 1.